The number of fused-ring (bicyclic) bond motifs is 2. The van der Waals surface area contributed by atoms with Crippen LogP contribution in [-0.4, -0.2) is 18.6 Å². The normalized spacial score (nSPS) is 27.1. The highest BCUT2D eigenvalue weighted by Crippen LogP contribution is 2.44. The molecule has 1 amide bonds. The number of hydrogen-bond donors (Lipinski definition) is 1. The van der Waals surface area contributed by atoms with E-state index in [9.17, 15) is 4.79 Å². The minimum absolute atomic E-state index is 0.0195. The Labute approximate surface area is 127 Å². The van der Waals surface area contributed by atoms with E-state index in [1.165, 1.54) is 25.7 Å². The van der Waals surface area contributed by atoms with Gasteiger partial charge in [0.05, 0.1) is 0 Å². The molecule has 0 spiro atoms. The van der Waals surface area contributed by atoms with Gasteiger partial charge in [-0.2, -0.15) is 0 Å². The predicted molar refractivity (Wildman–Crippen MR) is 83.4 cm³/mol. The minimum Gasteiger partial charge on any atom is -0.483 e. The predicted octanol–water partition coefficient (Wildman–Crippen LogP) is 3.49. The molecular formula is C18H25NO2. The number of nitrogens with one attached hydrogen (secondary N) is 1. The van der Waals surface area contributed by atoms with Crippen molar-refractivity contribution < 1.29 is 9.53 Å². The number of para-hydroxylation sites is 1. The van der Waals surface area contributed by atoms with Gasteiger partial charge in [-0.15, -0.1) is 0 Å². The number of benzene rings is 1. The topological polar surface area (TPSA) is 38.3 Å². The van der Waals surface area contributed by atoms with E-state index in [0.29, 0.717) is 17.9 Å². The van der Waals surface area contributed by atoms with E-state index in [0.717, 1.165) is 17.2 Å². The van der Waals surface area contributed by atoms with Gasteiger partial charge in [-0.05, 0) is 48.6 Å². The molecule has 2 aliphatic carbocycles. The fraction of sp³-hybridized carbons (Fsp3) is 0.611. The molecule has 21 heavy (non-hydrogen) atoms. The summed E-state index contributed by atoms with van der Waals surface area (Å²) in [4.78, 5) is 12.1. The fourth-order valence-corrected chi connectivity index (χ4v) is 3.90. The van der Waals surface area contributed by atoms with E-state index >= 15 is 0 Å². The molecule has 3 rings (SSSR count). The van der Waals surface area contributed by atoms with Gasteiger partial charge < -0.3 is 10.1 Å². The summed E-state index contributed by atoms with van der Waals surface area (Å²) in [6.45, 7) is 4.40. The van der Waals surface area contributed by atoms with Gasteiger partial charge in [0.25, 0.3) is 5.91 Å². The van der Waals surface area contributed by atoms with E-state index in [1.807, 2.05) is 18.2 Å². The highest BCUT2D eigenvalue weighted by Gasteiger charge is 2.40. The molecule has 2 fully saturated rings. The average molecular weight is 287 g/mol. The fourth-order valence-electron chi connectivity index (χ4n) is 3.90. The molecular weight excluding hydrogens is 262 g/mol. The molecule has 0 saturated heterocycles. The van der Waals surface area contributed by atoms with Crippen molar-refractivity contribution in [2.75, 3.05) is 6.61 Å². The second-order valence-electron chi connectivity index (χ2n) is 6.83. The monoisotopic (exact) mass is 287 g/mol. The quantitative estimate of drug-likeness (QED) is 0.900. The maximum atomic E-state index is 12.1. The summed E-state index contributed by atoms with van der Waals surface area (Å²) in [6.07, 6.45) is 5.11. The van der Waals surface area contributed by atoms with Crippen molar-refractivity contribution in [2.24, 2.45) is 11.8 Å². The second-order valence-corrected chi connectivity index (χ2v) is 6.83. The molecule has 1 N–H and O–H groups in total. The van der Waals surface area contributed by atoms with Crippen molar-refractivity contribution in [2.45, 2.75) is 51.5 Å². The molecule has 0 unspecified atom stereocenters. The van der Waals surface area contributed by atoms with Gasteiger partial charge >= 0.3 is 0 Å². The molecule has 1 aromatic carbocycles. The Morgan fingerprint density at radius 2 is 2.10 bits per heavy atom. The summed E-state index contributed by atoms with van der Waals surface area (Å²) in [5, 5.41) is 3.17. The Kier molecular flexibility index (Phi) is 4.18. The van der Waals surface area contributed by atoms with Gasteiger partial charge in [-0.1, -0.05) is 38.5 Å². The van der Waals surface area contributed by atoms with Crippen molar-refractivity contribution in [3.63, 3.8) is 0 Å². The number of hydrogen-bond acceptors (Lipinski definition) is 2. The largest absolute Gasteiger partial charge is 0.483 e. The first-order chi connectivity index (χ1) is 10.1. The van der Waals surface area contributed by atoms with Crippen LogP contribution in [0.2, 0.25) is 0 Å². The summed E-state index contributed by atoms with van der Waals surface area (Å²) in [5.74, 6) is 2.81. The maximum absolute atomic E-state index is 12.1. The summed E-state index contributed by atoms with van der Waals surface area (Å²) in [7, 11) is 0. The summed E-state index contributed by atoms with van der Waals surface area (Å²) in [5.41, 5.74) is 1.16. The Hall–Kier alpha value is -1.51. The Balaban J connectivity index is 1.52. The molecule has 3 nitrogen and oxygen atoms in total. The van der Waals surface area contributed by atoms with Crippen LogP contribution in [0.5, 0.6) is 5.75 Å². The Morgan fingerprint density at radius 1 is 1.29 bits per heavy atom. The number of ether oxygens (including phenoxy) is 1. The zero-order valence-electron chi connectivity index (χ0n) is 13.0. The van der Waals surface area contributed by atoms with Crippen molar-refractivity contribution in [3.8, 4) is 5.75 Å². The van der Waals surface area contributed by atoms with Crippen molar-refractivity contribution >= 4 is 5.91 Å². The molecule has 0 aromatic heterocycles. The van der Waals surface area contributed by atoms with Crippen LogP contribution in [0.3, 0.4) is 0 Å². The molecule has 114 valence electrons. The highest BCUT2D eigenvalue weighted by molar-refractivity contribution is 5.78. The molecule has 2 saturated carbocycles. The number of rotatable bonds is 5. The van der Waals surface area contributed by atoms with Gasteiger partial charge in [0.2, 0.25) is 0 Å². The molecule has 2 aliphatic rings. The zero-order chi connectivity index (χ0) is 14.8. The maximum Gasteiger partial charge on any atom is 0.258 e. The van der Waals surface area contributed by atoms with E-state index in [2.05, 4.69) is 25.2 Å². The van der Waals surface area contributed by atoms with Crippen molar-refractivity contribution in [3.05, 3.63) is 29.8 Å². The lowest BCUT2D eigenvalue weighted by molar-refractivity contribution is -0.124. The molecule has 0 radical (unpaired) electrons. The van der Waals surface area contributed by atoms with E-state index in [-0.39, 0.29) is 12.5 Å². The van der Waals surface area contributed by atoms with Crippen molar-refractivity contribution in [1.82, 2.24) is 5.32 Å². The third-order valence-corrected chi connectivity index (χ3v) is 4.98. The van der Waals surface area contributed by atoms with Gasteiger partial charge in [0, 0.05) is 6.04 Å². The number of carbonyl (C=O) groups is 1. The van der Waals surface area contributed by atoms with Crippen LogP contribution in [0.1, 0.15) is 51.0 Å². The van der Waals surface area contributed by atoms with Crippen LogP contribution in [0, 0.1) is 11.8 Å². The minimum atomic E-state index is 0.0195. The zero-order valence-corrected chi connectivity index (χ0v) is 13.0. The molecule has 2 bridgehead atoms. The van der Waals surface area contributed by atoms with Crippen LogP contribution in [0.4, 0.5) is 0 Å². The SMILES string of the molecule is CC(C)c1ccccc1OCC(=O)N[C@@H]1C[C@@H]2CC[C@@H]1C2. The van der Waals surface area contributed by atoms with Gasteiger partial charge in [0.1, 0.15) is 5.75 Å². The highest BCUT2D eigenvalue weighted by atomic mass is 16.5. The Bertz CT molecular complexity index is 512. The standard InChI is InChI=1S/C18H25NO2/c1-12(2)15-5-3-4-6-17(15)21-11-18(20)19-16-10-13-7-8-14(16)9-13/h3-6,12-14,16H,7-11H2,1-2H3,(H,19,20)/t13-,14-,16-/m1/s1. The van der Waals surface area contributed by atoms with Gasteiger partial charge in [-0.3, -0.25) is 4.79 Å². The lowest BCUT2D eigenvalue weighted by Crippen LogP contribution is -2.40. The summed E-state index contributed by atoms with van der Waals surface area (Å²) < 4.78 is 5.74. The molecule has 0 heterocycles. The van der Waals surface area contributed by atoms with E-state index < -0.39 is 0 Å². The molecule has 3 atom stereocenters. The van der Waals surface area contributed by atoms with Crippen LogP contribution in [0.15, 0.2) is 24.3 Å². The number of amides is 1. The molecule has 0 aliphatic heterocycles. The molecule has 3 heteroatoms. The first-order valence-electron chi connectivity index (χ1n) is 8.14. The van der Waals surface area contributed by atoms with Crippen LogP contribution < -0.4 is 10.1 Å². The second kappa shape index (κ2) is 6.08. The lowest BCUT2D eigenvalue weighted by Gasteiger charge is -2.23. The average Bonchev–Trinajstić information content (AvgIpc) is 3.08. The van der Waals surface area contributed by atoms with Gasteiger partial charge in [-0.25, -0.2) is 0 Å². The Morgan fingerprint density at radius 3 is 2.76 bits per heavy atom. The first-order valence-corrected chi connectivity index (χ1v) is 8.14. The third kappa shape index (κ3) is 3.22. The van der Waals surface area contributed by atoms with E-state index in [4.69, 9.17) is 4.74 Å². The van der Waals surface area contributed by atoms with E-state index in [1.54, 1.807) is 0 Å². The molecule has 1 aromatic rings. The van der Waals surface area contributed by atoms with Crippen LogP contribution in [0.25, 0.3) is 0 Å². The number of carbonyl (C=O) groups excluding carboxylic acids is 1. The first kappa shape index (κ1) is 14.4. The summed E-state index contributed by atoms with van der Waals surface area (Å²) in [6, 6.07) is 8.36. The van der Waals surface area contributed by atoms with Crippen LogP contribution >= 0.6 is 0 Å². The van der Waals surface area contributed by atoms with Gasteiger partial charge in [0.15, 0.2) is 6.61 Å². The summed E-state index contributed by atoms with van der Waals surface area (Å²) >= 11 is 0. The van der Waals surface area contributed by atoms with Crippen molar-refractivity contribution in [1.29, 1.82) is 0 Å². The lowest BCUT2D eigenvalue weighted by atomic mass is 9.95. The smallest absolute Gasteiger partial charge is 0.258 e. The third-order valence-electron chi connectivity index (χ3n) is 4.98. The van der Waals surface area contributed by atoms with Crippen LogP contribution in [-0.2, 0) is 4.79 Å².